The van der Waals surface area contributed by atoms with Gasteiger partial charge in [-0.3, -0.25) is 10.1 Å². The molecule has 6 nitrogen and oxygen atoms in total. The van der Waals surface area contributed by atoms with E-state index in [0.29, 0.717) is 5.69 Å². The SMILES string of the molecule is CC(CCc1ccccc1)NC(=O)Nc1ccc([N+](=O)[O-])cc1. The summed E-state index contributed by atoms with van der Waals surface area (Å²) in [7, 11) is 0. The lowest BCUT2D eigenvalue weighted by atomic mass is 10.1. The monoisotopic (exact) mass is 313 g/mol. The number of benzene rings is 2. The number of aryl methyl sites for hydroxylation is 1. The van der Waals surface area contributed by atoms with E-state index in [1.807, 2.05) is 25.1 Å². The number of nitrogens with one attached hydrogen (secondary N) is 2. The molecule has 2 amide bonds. The molecule has 23 heavy (non-hydrogen) atoms. The van der Waals surface area contributed by atoms with Crippen molar-refractivity contribution in [2.75, 3.05) is 5.32 Å². The molecule has 2 rings (SSSR count). The van der Waals surface area contributed by atoms with Crippen molar-refractivity contribution in [3.05, 3.63) is 70.3 Å². The number of hydrogen-bond acceptors (Lipinski definition) is 3. The van der Waals surface area contributed by atoms with E-state index in [2.05, 4.69) is 22.8 Å². The maximum Gasteiger partial charge on any atom is 0.319 e. The van der Waals surface area contributed by atoms with Crippen LogP contribution in [0.4, 0.5) is 16.2 Å². The molecule has 0 aliphatic heterocycles. The molecule has 2 aromatic rings. The highest BCUT2D eigenvalue weighted by atomic mass is 16.6. The Morgan fingerprint density at radius 2 is 1.78 bits per heavy atom. The van der Waals surface area contributed by atoms with E-state index >= 15 is 0 Å². The average Bonchev–Trinajstić information content (AvgIpc) is 2.54. The topological polar surface area (TPSA) is 84.3 Å². The van der Waals surface area contributed by atoms with Crippen LogP contribution in [-0.4, -0.2) is 17.0 Å². The first-order valence-corrected chi connectivity index (χ1v) is 7.40. The van der Waals surface area contributed by atoms with Crippen molar-refractivity contribution in [2.24, 2.45) is 0 Å². The van der Waals surface area contributed by atoms with Crippen LogP contribution in [-0.2, 0) is 6.42 Å². The number of non-ortho nitro benzene ring substituents is 1. The Labute approximate surface area is 134 Å². The lowest BCUT2D eigenvalue weighted by molar-refractivity contribution is -0.384. The standard InChI is InChI=1S/C17H19N3O3/c1-13(7-8-14-5-3-2-4-6-14)18-17(21)19-15-9-11-16(12-10-15)20(22)23/h2-6,9-13H,7-8H2,1H3,(H2,18,19,21). The van der Waals surface area contributed by atoms with Gasteiger partial charge in [0.05, 0.1) is 4.92 Å². The molecular weight excluding hydrogens is 294 g/mol. The van der Waals surface area contributed by atoms with Gasteiger partial charge in [0, 0.05) is 23.9 Å². The number of carbonyl (C=O) groups is 1. The van der Waals surface area contributed by atoms with Crippen molar-refractivity contribution in [2.45, 2.75) is 25.8 Å². The number of nitro groups is 1. The summed E-state index contributed by atoms with van der Waals surface area (Å²) in [5.74, 6) is 0. The van der Waals surface area contributed by atoms with Crippen LogP contribution in [0.15, 0.2) is 54.6 Å². The molecule has 0 heterocycles. The van der Waals surface area contributed by atoms with Crippen LogP contribution in [0.25, 0.3) is 0 Å². The molecule has 120 valence electrons. The second-order valence-corrected chi connectivity index (χ2v) is 5.33. The molecule has 0 bridgehead atoms. The number of amides is 2. The number of hydrogen-bond donors (Lipinski definition) is 2. The Kier molecular flexibility index (Phi) is 5.68. The molecule has 0 aliphatic rings. The number of nitrogens with zero attached hydrogens (tertiary/aromatic N) is 1. The predicted octanol–water partition coefficient (Wildman–Crippen LogP) is 3.74. The van der Waals surface area contributed by atoms with Crippen molar-refractivity contribution in [3.63, 3.8) is 0 Å². The Morgan fingerprint density at radius 1 is 1.13 bits per heavy atom. The van der Waals surface area contributed by atoms with Crippen molar-refractivity contribution < 1.29 is 9.72 Å². The van der Waals surface area contributed by atoms with E-state index in [4.69, 9.17) is 0 Å². The Morgan fingerprint density at radius 3 is 2.39 bits per heavy atom. The summed E-state index contributed by atoms with van der Waals surface area (Å²) in [6, 6.07) is 15.5. The Balaban J connectivity index is 1.78. The summed E-state index contributed by atoms with van der Waals surface area (Å²) < 4.78 is 0. The third kappa shape index (κ3) is 5.43. The second-order valence-electron chi connectivity index (χ2n) is 5.33. The van der Waals surface area contributed by atoms with E-state index in [1.54, 1.807) is 0 Å². The fourth-order valence-corrected chi connectivity index (χ4v) is 2.16. The molecule has 1 atom stereocenters. The highest BCUT2D eigenvalue weighted by molar-refractivity contribution is 5.89. The quantitative estimate of drug-likeness (QED) is 0.629. The van der Waals surface area contributed by atoms with E-state index in [-0.39, 0.29) is 17.8 Å². The highest BCUT2D eigenvalue weighted by Gasteiger charge is 2.09. The molecule has 2 aromatic carbocycles. The number of nitro benzene ring substituents is 1. The number of urea groups is 1. The third-order valence-electron chi connectivity index (χ3n) is 3.42. The third-order valence-corrected chi connectivity index (χ3v) is 3.42. The second kappa shape index (κ2) is 7.93. The van der Waals surface area contributed by atoms with Gasteiger partial charge >= 0.3 is 6.03 Å². The minimum Gasteiger partial charge on any atom is -0.335 e. The van der Waals surface area contributed by atoms with E-state index < -0.39 is 4.92 Å². The van der Waals surface area contributed by atoms with Crippen LogP contribution in [0.5, 0.6) is 0 Å². The molecule has 0 saturated heterocycles. The van der Waals surface area contributed by atoms with Crippen LogP contribution in [0.1, 0.15) is 18.9 Å². The summed E-state index contributed by atoms with van der Waals surface area (Å²) in [5.41, 5.74) is 1.74. The highest BCUT2D eigenvalue weighted by Crippen LogP contribution is 2.15. The van der Waals surface area contributed by atoms with Gasteiger partial charge in [-0.15, -0.1) is 0 Å². The Hall–Kier alpha value is -2.89. The van der Waals surface area contributed by atoms with Gasteiger partial charge in [-0.25, -0.2) is 4.79 Å². The first kappa shape index (κ1) is 16.5. The van der Waals surface area contributed by atoms with Gasteiger partial charge in [-0.1, -0.05) is 30.3 Å². The zero-order valence-corrected chi connectivity index (χ0v) is 12.9. The molecule has 0 aromatic heterocycles. The molecule has 6 heteroatoms. The zero-order valence-electron chi connectivity index (χ0n) is 12.9. The first-order chi connectivity index (χ1) is 11.0. The summed E-state index contributed by atoms with van der Waals surface area (Å²) >= 11 is 0. The molecule has 0 spiro atoms. The molecule has 0 radical (unpaired) electrons. The van der Waals surface area contributed by atoms with Crippen molar-refractivity contribution in [3.8, 4) is 0 Å². The van der Waals surface area contributed by atoms with Gasteiger partial charge in [-0.2, -0.15) is 0 Å². The van der Waals surface area contributed by atoms with Crippen LogP contribution in [0.2, 0.25) is 0 Å². The minimum absolute atomic E-state index is 0.00723. The largest absolute Gasteiger partial charge is 0.335 e. The zero-order chi connectivity index (χ0) is 16.7. The molecule has 0 fully saturated rings. The van der Waals surface area contributed by atoms with Gasteiger partial charge in [0.1, 0.15) is 0 Å². The number of anilines is 1. The summed E-state index contributed by atoms with van der Waals surface area (Å²) in [4.78, 5) is 22.0. The maximum atomic E-state index is 11.9. The lowest BCUT2D eigenvalue weighted by Crippen LogP contribution is -2.36. The van der Waals surface area contributed by atoms with Crippen molar-refractivity contribution >= 4 is 17.4 Å². The predicted molar refractivity (Wildman–Crippen MR) is 89.5 cm³/mol. The van der Waals surface area contributed by atoms with Crippen LogP contribution >= 0.6 is 0 Å². The summed E-state index contributed by atoms with van der Waals surface area (Å²) in [6.45, 7) is 1.94. The summed E-state index contributed by atoms with van der Waals surface area (Å²) in [6.07, 6.45) is 1.72. The van der Waals surface area contributed by atoms with Crippen molar-refractivity contribution in [1.82, 2.24) is 5.32 Å². The molecule has 0 saturated carbocycles. The molecule has 2 N–H and O–H groups in total. The van der Waals surface area contributed by atoms with Gasteiger partial charge < -0.3 is 10.6 Å². The average molecular weight is 313 g/mol. The van der Waals surface area contributed by atoms with Gasteiger partial charge in [0.15, 0.2) is 0 Å². The van der Waals surface area contributed by atoms with E-state index in [9.17, 15) is 14.9 Å². The molecular formula is C17H19N3O3. The van der Waals surface area contributed by atoms with Gasteiger partial charge in [-0.05, 0) is 37.5 Å². The number of rotatable bonds is 6. The van der Waals surface area contributed by atoms with Crippen LogP contribution in [0, 0.1) is 10.1 Å². The molecule has 1 unspecified atom stereocenters. The number of carbonyl (C=O) groups excluding carboxylic acids is 1. The first-order valence-electron chi connectivity index (χ1n) is 7.40. The van der Waals surface area contributed by atoms with Gasteiger partial charge in [0.2, 0.25) is 0 Å². The van der Waals surface area contributed by atoms with Gasteiger partial charge in [0.25, 0.3) is 5.69 Å². The minimum atomic E-state index is -0.477. The molecule has 0 aliphatic carbocycles. The van der Waals surface area contributed by atoms with Crippen molar-refractivity contribution in [1.29, 1.82) is 0 Å². The normalized spacial score (nSPS) is 11.5. The lowest BCUT2D eigenvalue weighted by Gasteiger charge is -2.14. The summed E-state index contributed by atoms with van der Waals surface area (Å²) in [5, 5.41) is 16.1. The van der Waals surface area contributed by atoms with Crippen LogP contribution < -0.4 is 10.6 Å². The smallest absolute Gasteiger partial charge is 0.319 e. The Bertz CT molecular complexity index is 657. The maximum absolute atomic E-state index is 11.9. The fraction of sp³-hybridized carbons (Fsp3) is 0.235. The fourth-order valence-electron chi connectivity index (χ4n) is 2.16. The van der Waals surface area contributed by atoms with Crippen LogP contribution in [0.3, 0.4) is 0 Å². The van der Waals surface area contributed by atoms with E-state index in [1.165, 1.54) is 29.8 Å². The van der Waals surface area contributed by atoms with E-state index in [0.717, 1.165) is 12.8 Å².